The average Bonchev–Trinajstić information content (AvgIpc) is 2.77. The highest BCUT2D eigenvalue weighted by atomic mass is 79.9. The molecular weight excluding hydrogens is 499 g/mol. The maximum absolute atomic E-state index is 13.4. The lowest BCUT2D eigenvalue weighted by Crippen LogP contribution is -2.30. The maximum Gasteiger partial charge on any atom is 0.280 e. The van der Waals surface area contributed by atoms with Crippen LogP contribution in [0.25, 0.3) is 44.5 Å². The van der Waals surface area contributed by atoms with Crippen LogP contribution in [-0.4, -0.2) is 14.6 Å². The molecule has 0 aliphatic carbocycles. The highest BCUT2D eigenvalue weighted by molar-refractivity contribution is 9.10. The molecular formula is C23H13BrCl2N4O. The molecule has 0 aliphatic rings. The van der Waals surface area contributed by atoms with Crippen molar-refractivity contribution in [1.29, 1.82) is 0 Å². The fraction of sp³-hybridized carbons (Fsp3) is 0. The summed E-state index contributed by atoms with van der Waals surface area (Å²) in [5, 5.41) is 1.99. The number of nitrogens with zero attached hydrogens (tertiary/aromatic N) is 3. The van der Waals surface area contributed by atoms with Gasteiger partial charge in [-0.15, -0.1) is 0 Å². The predicted octanol–water partition coefficient (Wildman–Crippen LogP) is 6.06. The van der Waals surface area contributed by atoms with E-state index in [0.29, 0.717) is 48.9 Å². The lowest BCUT2D eigenvalue weighted by Gasteiger charge is -2.14. The Morgan fingerprint density at radius 3 is 2.23 bits per heavy atom. The van der Waals surface area contributed by atoms with E-state index < -0.39 is 0 Å². The first-order valence-corrected chi connectivity index (χ1v) is 10.8. The van der Waals surface area contributed by atoms with Crippen LogP contribution in [-0.2, 0) is 0 Å². The second-order valence-electron chi connectivity index (χ2n) is 6.94. The molecule has 0 saturated carbocycles. The van der Waals surface area contributed by atoms with E-state index in [9.17, 15) is 4.79 Å². The normalized spacial score (nSPS) is 11.3. The van der Waals surface area contributed by atoms with Gasteiger partial charge >= 0.3 is 0 Å². The number of nitrogen functional groups attached to an aromatic ring is 1. The minimum absolute atomic E-state index is 0.315. The van der Waals surface area contributed by atoms with Gasteiger partial charge < -0.3 is 5.84 Å². The molecule has 3 aromatic carbocycles. The van der Waals surface area contributed by atoms with E-state index in [0.717, 1.165) is 14.7 Å². The van der Waals surface area contributed by atoms with E-state index in [4.69, 9.17) is 39.0 Å². The monoisotopic (exact) mass is 510 g/mol. The van der Waals surface area contributed by atoms with Gasteiger partial charge in [0.1, 0.15) is 5.52 Å². The van der Waals surface area contributed by atoms with Gasteiger partial charge in [0, 0.05) is 26.0 Å². The average molecular weight is 512 g/mol. The summed E-state index contributed by atoms with van der Waals surface area (Å²) in [7, 11) is 0. The standard InChI is InChI=1S/C23H13BrCl2N4O/c24-14-8-4-12(5-9-14)19-21-18(16-2-1-3-17(26)20(16)28-19)23(31)30(27)22(29-21)13-6-10-15(25)11-7-13/h1-11H,27H2. The lowest BCUT2D eigenvalue weighted by molar-refractivity contribution is 0.928. The molecule has 0 saturated heterocycles. The molecule has 2 aromatic heterocycles. The number of pyridine rings is 1. The van der Waals surface area contributed by atoms with Crippen molar-refractivity contribution < 1.29 is 0 Å². The third-order valence-corrected chi connectivity index (χ3v) is 6.13. The SMILES string of the molecule is Nn1c(-c2ccc(Cl)cc2)nc2c(-c3ccc(Br)cc3)nc3c(Cl)cccc3c2c1=O. The van der Waals surface area contributed by atoms with Crippen molar-refractivity contribution in [3.8, 4) is 22.6 Å². The van der Waals surface area contributed by atoms with E-state index in [2.05, 4.69) is 15.9 Å². The Hall–Kier alpha value is -2.93. The van der Waals surface area contributed by atoms with Gasteiger partial charge in [-0.2, -0.15) is 0 Å². The Labute approximate surface area is 195 Å². The summed E-state index contributed by atoms with van der Waals surface area (Å²) in [6.07, 6.45) is 0. The largest absolute Gasteiger partial charge is 0.334 e. The summed E-state index contributed by atoms with van der Waals surface area (Å²) in [5.74, 6) is 6.52. The molecule has 0 radical (unpaired) electrons. The minimum Gasteiger partial charge on any atom is -0.334 e. The number of benzene rings is 3. The second kappa shape index (κ2) is 7.64. The van der Waals surface area contributed by atoms with E-state index in [1.807, 2.05) is 24.3 Å². The maximum atomic E-state index is 13.4. The van der Waals surface area contributed by atoms with E-state index in [1.54, 1.807) is 42.5 Å². The Morgan fingerprint density at radius 1 is 0.839 bits per heavy atom. The predicted molar refractivity (Wildman–Crippen MR) is 130 cm³/mol. The number of para-hydroxylation sites is 1. The van der Waals surface area contributed by atoms with Crippen molar-refractivity contribution in [2.24, 2.45) is 0 Å². The van der Waals surface area contributed by atoms with Crippen molar-refractivity contribution in [3.63, 3.8) is 0 Å². The lowest BCUT2D eigenvalue weighted by atomic mass is 10.0. The van der Waals surface area contributed by atoms with E-state index in [-0.39, 0.29) is 5.56 Å². The Kier molecular flexibility index (Phi) is 4.93. The summed E-state index contributed by atoms with van der Waals surface area (Å²) in [6.45, 7) is 0. The number of hydrogen-bond acceptors (Lipinski definition) is 4. The van der Waals surface area contributed by atoms with Gasteiger partial charge in [-0.05, 0) is 42.5 Å². The van der Waals surface area contributed by atoms with Gasteiger partial charge in [-0.3, -0.25) is 4.79 Å². The highest BCUT2D eigenvalue weighted by Gasteiger charge is 2.20. The van der Waals surface area contributed by atoms with E-state index >= 15 is 0 Å². The molecule has 31 heavy (non-hydrogen) atoms. The van der Waals surface area contributed by atoms with Crippen LogP contribution in [0.2, 0.25) is 10.0 Å². The first kappa shape index (κ1) is 20.0. The molecule has 0 atom stereocenters. The van der Waals surface area contributed by atoms with Crippen molar-refractivity contribution in [2.75, 3.05) is 5.84 Å². The van der Waals surface area contributed by atoms with Gasteiger partial charge in [0.2, 0.25) is 0 Å². The van der Waals surface area contributed by atoms with Crippen LogP contribution < -0.4 is 11.4 Å². The van der Waals surface area contributed by atoms with Crippen molar-refractivity contribution in [1.82, 2.24) is 14.6 Å². The van der Waals surface area contributed by atoms with Crippen LogP contribution in [0.3, 0.4) is 0 Å². The highest BCUT2D eigenvalue weighted by Crippen LogP contribution is 2.34. The van der Waals surface area contributed by atoms with Crippen molar-refractivity contribution >= 4 is 60.9 Å². The number of rotatable bonds is 2. The summed E-state index contributed by atoms with van der Waals surface area (Å²) >= 11 is 15.9. The Morgan fingerprint density at radius 2 is 1.52 bits per heavy atom. The Balaban J connectivity index is 1.96. The zero-order chi connectivity index (χ0) is 21.7. The fourth-order valence-electron chi connectivity index (χ4n) is 3.55. The van der Waals surface area contributed by atoms with Crippen LogP contribution in [0.5, 0.6) is 0 Å². The fourth-order valence-corrected chi connectivity index (χ4v) is 4.16. The summed E-state index contributed by atoms with van der Waals surface area (Å²) in [5.41, 5.74) is 2.61. The molecule has 152 valence electrons. The molecule has 5 nitrogen and oxygen atoms in total. The van der Waals surface area contributed by atoms with Crippen LogP contribution in [0.4, 0.5) is 0 Å². The number of fused-ring (bicyclic) bond motifs is 3. The van der Waals surface area contributed by atoms with Gasteiger partial charge in [-0.1, -0.05) is 63.4 Å². The molecule has 0 aliphatic heterocycles. The first-order chi connectivity index (χ1) is 14.9. The van der Waals surface area contributed by atoms with Gasteiger partial charge in [0.25, 0.3) is 5.56 Å². The van der Waals surface area contributed by atoms with Gasteiger partial charge in [0.05, 0.1) is 21.6 Å². The van der Waals surface area contributed by atoms with Crippen LogP contribution in [0.1, 0.15) is 0 Å². The summed E-state index contributed by atoms with van der Waals surface area (Å²) in [4.78, 5) is 23.0. The molecule has 0 bridgehead atoms. The molecule has 0 fully saturated rings. The Bertz CT molecular complexity index is 1530. The third-order valence-electron chi connectivity index (χ3n) is 5.04. The quantitative estimate of drug-likeness (QED) is 0.231. The smallest absolute Gasteiger partial charge is 0.280 e. The van der Waals surface area contributed by atoms with Crippen molar-refractivity contribution in [2.45, 2.75) is 0 Å². The van der Waals surface area contributed by atoms with Gasteiger partial charge in [-0.25, -0.2) is 14.6 Å². The second-order valence-corrected chi connectivity index (χ2v) is 8.70. The number of halogens is 3. The summed E-state index contributed by atoms with van der Waals surface area (Å²) in [6, 6.07) is 19.9. The number of nitrogens with two attached hydrogens (primary N) is 1. The molecule has 0 unspecified atom stereocenters. The molecule has 2 N–H and O–H groups in total. The first-order valence-electron chi connectivity index (χ1n) is 9.26. The zero-order valence-corrected chi connectivity index (χ0v) is 18.9. The number of hydrogen-bond donors (Lipinski definition) is 1. The van der Waals surface area contributed by atoms with Crippen LogP contribution >= 0.6 is 39.1 Å². The number of aromatic nitrogens is 3. The zero-order valence-electron chi connectivity index (χ0n) is 15.8. The van der Waals surface area contributed by atoms with Crippen LogP contribution in [0.15, 0.2) is 76.0 Å². The molecule has 2 heterocycles. The van der Waals surface area contributed by atoms with Crippen LogP contribution in [0, 0.1) is 0 Å². The molecule has 0 amide bonds. The molecule has 0 spiro atoms. The van der Waals surface area contributed by atoms with Crippen molar-refractivity contribution in [3.05, 3.63) is 91.6 Å². The summed E-state index contributed by atoms with van der Waals surface area (Å²) < 4.78 is 1.98. The van der Waals surface area contributed by atoms with E-state index in [1.165, 1.54) is 0 Å². The van der Waals surface area contributed by atoms with Gasteiger partial charge in [0.15, 0.2) is 5.82 Å². The molecule has 5 rings (SSSR count). The molecule has 8 heteroatoms. The molecule has 5 aromatic rings. The minimum atomic E-state index is -0.386. The third kappa shape index (κ3) is 3.37. The topological polar surface area (TPSA) is 73.8 Å².